The molecule has 8 nitrogen and oxygen atoms in total. The molecule has 30 heavy (non-hydrogen) atoms. The van der Waals surface area contributed by atoms with Crippen molar-refractivity contribution in [2.45, 2.75) is 26.3 Å². The van der Waals surface area contributed by atoms with Gasteiger partial charge in [0.2, 0.25) is 0 Å². The number of likely N-dealkylation sites (tertiary alicyclic amines) is 1. The first-order valence-corrected chi connectivity index (χ1v) is 10.6. The fourth-order valence-corrected chi connectivity index (χ4v) is 3.88. The average molecular weight is 421 g/mol. The average Bonchev–Trinajstić information content (AvgIpc) is 2.78. The first-order valence-electron chi connectivity index (χ1n) is 10.6. The van der Waals surface area contributed by atoms with Crippen molar-refractivity contribution in [1.29, 1.82) is 0 Å². The van der Waals surface area contributed by atoms with Crippen molar-refractivity contribution in [2.24, 2.45) is 5.92 Å². The van der Waals surface area contributed by atoms with Crippen LogP contribution >= 0.6 is 0 Å². The lowest BCUT2D eigenvalue weighted by atomic mass is 9.97. The highest BCUT2D eigenvalue weighted by Crippen LogP contribution is 2.29. The molecule has 166 valence electrons. The number of morpholine rings is 1. The van der Waals surface area contributed by atoms with Gasteiger partial charge < -0.3 is 23.8 Å². The van der Waals surface area contributed by atoms with E-state index < -0.39 is 0 Å². The number of methoxy groups -OCH3 is 1. The zero-order valence-corrected chi connectivity index (χ0v) is 17.9. The Kier molecular flexibility index (Phi) is 8.33. The summed E-state index contributed by atoms with van der Waals surface area (Å²) >= 11 is 0. The molecule has 2 aliphatic rings. The van der Waals surface area contributed by atoms with Gasteiger partial charge in [-0.2, -0.15) is 0 Å². The first kappa shape index (κ1) is 22.4. The maximum atomic E-state index is 12.3. The number of piperidine rings is 1. The number of hydrogen-bond acceptors (Lipinski definition) is 7. The van der Waals surface area contributed by atoms with E-state index in [4.69, 9.17) is 18.9 Å². The van der Waals surface area contributed by atoms with Gasteiger partial charge in [-0.3, -0.25) is 14.5 Å². The van der Waals surface area contributed by atoms with E-state index in [2.05, 4.69) is 4.90 Å². The number of rotatable bonds is 8. The van der Waals surface area contributed by atoms with Crippen molar-refractivity contribution in [3.8, 4) is 11.5 Å². The smallest absolute Gasteiger partial charge is 0.310 e. The Balaban J connectivity index is 1.55. The highest BCUT2D eigenvalue weighted by molar-refractivity contribution is 5.78. The molecule has 0 N–H and O–H groups in total. The van der Waals surface area contributed by atoms with Gasteiger partial charge in [-0.05, 0) is 44.0 Å². The first-order chi connectivity index (χ1) is 14.6. The van der Waals surface area contributed by atoms with Crippen LogP contribution in [0.5, 0.6) is 11.5 Å². The van der Waals surface area contributed by atoms with Crippen molar-refractivity contribution in [3.05, 3.63) is 23.8 Å². The molecule has 1 atom stereocenters. The van der Waals surface area contributed by atoms with Crippen LogP contribution in [0.4, 0.5) is 0 Å². The molecule has 1 aromatic rings. The van der Waals surface area contributed by atoms with Gasteiger partial charge in [-0.1, -0.05) is 6.07 Å². The second-order valence-electron chi connectivity index (χ2n) is 7.59. The summed E-state index contributed by atoms with van der Waals surface area (Å²) in [5.41, 5.74) is 1.07. The minimum absolute atomic E-state index is 0.0248. The molecule has 0 bridgehead atoms. The van der Waals surface area contributed by atoms with Crippen LogP contribution in [-0.2, 0) is 25.6 Å². The predicted molar refractivity (Wildman–Crippen MR) is 111 cm³/mol. The molecule has 3 rings (SSSR count). The summed E-state index contributed by atoms with van der Waals surface area (Å²) in [6.45, 7) is 6.93. The molecule has 0 aliphatic carbocycles. The molecule has 1 unspecified atom stereocenters. The van der Waals surface area contributed by atoms with Crippen LogP contribution in [0.1, 0.15) is 25.3 Å². The Morgan fingerprint density at radius 3 is 2.70 bits per heavy atom. The lowest BCUT2D eigenvalue weighted by Gasteiger charge is -2.31. The van der Waals surface area contributed by atoms with Crippen LogP contribution in [0.3, 0.4) is 0 Å². The summed E-state index contributed by atoms with van der Waals surface area (Å²) in [6, 6.07) is 5.75. The molecule has 2 saturated heterocycles. The zero-order chi connectivity index (χ0) is 21.3. The summed E-state index contributed by atoms with van der Waals surface area (Å²) in [5.74, 6) is 0.928. The molecule has 8 heteroatoms. The maximum absolute atomic E-state index is 12.3. The second kappa shape index (κ2) is 11.2. The van der Waals surface area contributed by atoms with Crippen molar-refractivity contribution < 1.29 is 28.5 Å². The molecular weight excluding hydrogens is 388 g/mol. The number of benzene rings is 1. The van der Waals surface area contributed by atoms with E-state index in [1.165, 1.54) is 0 Å². The summed E-state index contributed by atoms with van der Waals surface area (Å²) in [4.78, 5) is 28.4. The minimum atomic E-state index is -0.103. The molecule has 0 spiro atoms. The summed E-state index contributed by atoms with van der Waals surface area (Å²) < 4.78 is 21.7. The fourth-order valence-electron chi connectivity index (χ4n) is 3.88. The lowest BCUT2D eigenvalue weighted by molar-refractivity contribution is -0.150. The Labute approximate surface area is 178 Å². The SMILES string of the molecule is CCOC(=O)C1CCCN(Cc2ccc(OCC(=O)N3CCOCC3)c(OC)c2)C1. The molecule has 1 amide bonds. The van der Waals surface area contributed by atoms with Gasteiger partial charge in [0.15, 0.2) is 18.1 Å². The van der Waals surface area contributed by atoms with Crippen molar-refractivity contribution >= 4 is 11.9 Å². The standard InChI is InChI=1S/C22H32N2O6/c1-3-29-22(26)18-5-4-8-23(15-18)14-17-6-7-19(20(13-17)27-2)30-16-21(25)24-9-11-28-12-10-24/h6-7,13,18H,3-5,8-12,14-16H2,1-2H3. The molecule has 2 fully saturated rings. The number of carbonyl (C=O) groups is 2. The number of esters is 1. The third kappa shape index (κ3) is 6.09. The number of amides is 1. The lowest BCUT2D eigenvalue weighted by Crippen LogP contribution is -2.43. The van der Waals surface area contributed by atoms with Crippen LogP contribution in [0, 0.1) is 5.92 Å². The van der Waals surface area contributed by atoms with Crippen molar-refractivity contribution in [3.63, 3.8) is 0 Å². The second-order valence-corrected chi connectivity index (χ2v) is 7.59. The number of nitrogens with zero attached hydrogens (tertiary/aromatic N) is 2. The van der Waals surface area contributed by atoms with Crippen LogP contribution in [-0.4, -0.2) is 81.4 Å². The molecule has 0 radical (unpaired) electrons. The molecule has 2 aliphatic heterocycles. The third-order valence-corrected chi connectivity index (χ3v) is 5.47. The van der Waals surface area contributed by atoms with Gasteiger partial charge >= 0.3 is 5.97 Å². The van der Waals surface area contributed by atoms with E-state index >= 15 is 0 Å². The Bertz CT molecular complexity index is 720. The van der Waals surface area contributed by atoms with Crippen molar-refractivity contribution in [1.82, 2.24) is 9.80 Å². The summed E-state index contributed by atoms with van der Waals surface area (Å²) in [5, 5.41) is 0. The zero-order valence-electron chi connectivity index (χ0n) is 17.9. The largest absolute Gasteiger partial charge is 0.493 e. The highest BCUT2D eigenvalue weighted by Gasteiger charge is 2.27. The van der Waals surface area contributed by atoms with Gasteiger partial charge in [0.25, 0.3) is 5.91 Å². The van der Waals surface area contributed by atoms with Gasteiger partial charge in [0.05, 0.1) is 32.8 Å². The van der Waals surface area contributed by atoms with E-state index in [9.17, 15) is 9.59 Å². The Hall–Kier alpha value is -2.32. The molecular formula is C22H32N2O6. The van der Waals surface area contributed by atoms with Gasteiger partial charge in [0, 0.05) is 26.2 Å². The van der Waals surface area contributed by atoms with Gasteiger partial charge in [0.1, 0.15) is 0 Å². The third-order valence-electron chi connectivity index (χ3n) is 5.47. The molecule has 1 aromatic carbocycles. The van der Waals surface area contributed by atoms with E-state index in [-0.39, 0.29) is 24.4 Å². The molecule has 0 aromatic heterocycles. The van der Waals surface area contributed by atoms with E-state index in [0.29, 0.717) is 51.0 Å². The van der Waals surface area contributed by atoms with E-state index in [0.717, 1.165) is 31.5 Å². The molecule has 0 saturated carbocycles. The van der Waals surface area contributed by atoms with E-state index in [1.54, 1.807) is 12.0 Å². The minimum Gasteiger partial charge on any atom is -0.493 e. The quantitative estimate of drug-likeness (QED) is 0.593. The van der Waals surface area contributed by atoms with E-state index in [1.807, 2.05) is 25.1 Å². The topological polar surface area (TPSA) is 77.5 Å². The fraction of sp³-hybridized carbons (Fsp3) is 0.636. The van der Waals surface area contributed by atoms with Crippen LogP contribution in [0.2, 0.25) is 0 Å². The Morgan fingerprint density at radius 2 is 1.97 bits per heavy atom. The van der Waals surface area contributed by atoms with Crippen molar-refractivity contribution in [2.75, 3.05) is 59.7 Å². The number of carbonyl (C=O) groups excluding carboxylic acids is 2. The predicted octanol–water partition coefficient (Wildman–Crippen LogP) is 1.71. The molecule has 2 heterocycles. The summed E-state index contributed by atoms with van der Waals surface area (Å²) in [7, 11) is 1.59. The number of ether oxygens (including phenoxy) is 4. The van der Waals surface area contributed by atoms with Crippen LogP contribution in [0.15, 0.2) is 18.2 Å². The summed E-state index contributed by atoms with van der Waals surface area (Å²) in [6.07, 6.45) is 1.86. The van der Waals surface area contributed by atoms with Gasteiger partial charge in [-0.25, -0.2) is 0 Å². The number of hydrogen-bond donors (Lipinski definition) is 0. The maximum Gasteiger partial charge on any atom is 0.310 e. The Morgan fingerprint density at radius 1 is 1.17 bits per heavy atom. The highest BCUT2D eigenvalue weighted by atomic mass is 16.5. The van der Waals surface area contributed by atoms with Gasteiger partial charge in [-0.15, -0.1) is 0 Å². The monoisotopic (exact) mass is 420 g/mol. The van der Waals surface area contributed by atoms with Crippen LogP contribution in [0.25, 0.3) is 0 Å². The normalized spacial score (nSPS) is 19.9. The van der Waals surface area contributed by atoms with Crippen LogP contribution < -0.4 is 9.47 Å².